The summed E-state index contributed by atoms with van der Waals surface area (Å²) in [7, 11) is 0. The summed E-state index contributed by atoms with van der Waals surface area (Å²) in [6, 6.07) is 7.40. The summed E-state index contributed by atoms with van der Waals surface area (Å²) < 4.78 is 7.65. The molecule has 0 N–H and O–H groups in total. The van der Waals surface area contributed by atoms with Crippen molar-refractivity contribution in [3.8, 4) is 11.4 Å². The molecule has 0 saturated heterocycles. The summed E-state index contributed by atoms with van der Waals surface area (Å²) >= 11 is 7.54. The van der Waals surface area contributed by atoms with Crippen molar-refractivity contribution in [3.05, 3.63) is 46.6 Å². The van der Waals surface area contributed by atoms with E-state index < -0.39 is 0 Å². The van der Waals surface area contributed by atoms with Crippen molar-refractivity contribution in [1.82, 2.24) is 19.7 Å². The number of unbranched alkanes of at least 4 members (excludes halogenated alkanes) is 1. The van der Waals surface area contributed by atoms with Crippen LogP contribution in [0, 0.1) is 13.8 Å². The zero-order valence-electron chi connectivity index (χ0n) is 14.6. The number of nitrogens with zero attached hydrogens (tertiary/aromatic N) is 4. The molecule has 2 aromatic heterocycles. The van der Waals surface area contributed by atoms with Crippen LogP contribution < -0.4 is 0 Å². The van der Waals surface area contributed by atoms with E-state index in [2.05, 4.69) is 33.5 Å². The summed E-state index contributed by atoms with van der Waals surface area (Å²) in [5.41, 5.74) is 3.19. The van der Waals surface area contributed by atoms with Crippen molar-refractivity contribution in [2.24, 2.45) is 0 Å². The van der Waals surface area contributed by atoms with Crippen molar-refractivity contribution in [2.75, 3.05) is 0 Å². The molecule has 2 heterocycles. The van der Waals surface area contributed by atoms with Gasteiger partial charge >= 0.3 is 0 Å². The maximum atomic E-state index is 5.91. The number of hydrogen-bond donors (Lipinski definition) is 0. The molecular weight excluding hydrogens is 356 g/mol. The first kappa shape index (κ1) is 18.0. The fraction of sp³-hybridized carbons (Fsp3) is 0.389. The number of hydrogen-bond acceptors (Lipinski definition) is 5. The molecule has 7 heteroatoms. The topological polar surface area (TPSA) is 56.7 Å². The van der Waals surface area contributed by atoms with Gasteiger partial charge in [-0.2, -0.15) is 4.98 Å². The third-order valence-corrected chi connectivity index (χ3v) is 5.27. The van der Waals surface area contributed by atoms with Gasteiger partial charge in [0, 0.05) is 22.8 Å². The highest BCUT2D eigenvalue weighted by molar-refractivity contribution is 7.98. The van der Waals surface area contributed by atoms with Crippen molar-refractivity contribution in [3.63, 3.8) is 0 Å². The summed E-state index contributed by atoms with van der Waals surface area (Å²) in [6.45, 7) is 7.36. The number of rotatable bonds is 7. The quantitative estimate of drug-likeness (QED) is 0.524. The van der Waals surface area contributed by atoms with E-state index >= 15 is 0 Å². The molecule has 3 aromatic rings. The zero-order valence-corrected chi connectivity index (χ0v) is 16.2. The highest BCUT2D eigenvalue weighted by Gasteiger charge is 2.14. The van der Waals surface area contributed by atoms with Gasteiger partial charge in [-0.25, -0.2) is 4.98 Å². The molecule has 0 fully saturated rings. The lowest BCUT2D eigenvalue weighted by Crippen LogP contribution is -2.02. The van der Waals surface area contributed by atoms with E-state index in [0.717, 1.165) is 35.8 Å². The van der Waals surface area contributed by atoms with E-state index in [1.807, 2.05) is 31.2 Å². The standard InChI is InChI=1S/C18H21ClN4OS/c1-4-5-10-23-13(3)12(2)20-18(23)25-11-16-21-17(22-24-16)14-6-8-15(19)9-7-14/h6-9H,4-5,10-11H2,1-3H3. The van der Waals surface area contributed by atoms with E-state index in [1.165, 1.54) is 5.69 Å². The van der Waals surface area contributed by atoms with Gasteiger partial charge in [-0.3, -0.25) is 0 Å². The molecule has 0 radical (unpaired) electrons. The third kappa shape index (κ3) is 4.25. The van der Waals surface area contributed by atoms with Gasteiger partial charge in [-0.1, -0.05) is 41.9 Å². The minimum Gasteiger partial charge on any atom is -0.338 e. The Kier molecular flexibility index (Phi) is 5.81. The van der Waals surface area contributed by atoms with Gasteiger partial charge in [0.05, 0.1) is 11.4 Å². The van der Waals surface area contributed by atoms with Gasteiger partial charge in [0.15, 0.2) is 5.16 Å². The molecule has 132 valence electrons. The molecule has 0 amide bonds. The number of aryl methyl sites for hydroxylation is 1. The van der Waals surface area contributed by atoms with E-state index in [1.54, 1.807) is 11.8 Å². The average Bonchev–Trinajstić information content (AvgIpc) is 3.18. The molecule has 1 aromatic carbocycles. The molecule has 5 nitrogen and oxygen atoms in total. The maximum absolute atomic E-state index is 5.91. The normalized spacial score (nSPS) is 11.2. The fourth-order valence-corrected chi connectivity index (χ4v) is 3.55. The number of aromatic nitrogens is 4. The van der Waals surface area contributed by atoms with Crippen molar-refractivity contribution < 1.29 is 4.52 Å². The lowest BCUT2D eigenvalue weighted by Gasteiger charge is -2.08. The van der Waals surface area contributed by atoms with Gasteiger partial charge in [0.1, 0.15) is 0 Å². The molecule has 0 aliphatic heterocycles. The SMILES string of the molecule is CCCCn1c(SCc2nc(-c3ccc(Cl)cc3)no2)nc(C)c1C. The largest absolute Gasteiger partial charge is 0.338 e. The van der Waals surface area contributed by atoms with Crippen LogP contribution in [0.25, 0.3) is 11.4 Å². The van der Waals surface area contributed by atoms with Crippen LogP contribution in [0.4, 0.5) is 0 Å². The van der Waals surface area contributed by atoms with E-state index in [4.69, 9.17) is 16.1 Å². The fourth-order valence-electron chi connectivity index (χ4n) is 2.47. The molecule has 3 rings (SSSR count). The molecule has 0 aliphatic carbocycles. The highest BCUT2D eigenvalue weighted by atomic mass is 35.5. The van der Waals surface area contributed by atoms with Crippen LogP contribution in [0.3, 0.4) is 0 Å². The first-order chi connectivity index (χ1) is 12.1. The number of imidazole rings is 1. The molecule has 0 unspecified atom stereocenters. The predicted octanol–water partition coefficient (Wildman–Crippen LogP) is 5.30. The zero-order chi connectivity index (χ0) is 17.8. The average molecular weight is 377 g/mol. The first-order valence-electron chi connectivity index (χ1n) is 8.33. The number of halogens is 1. The van der Waals surface area contributed by atoms with Gasteiger partial charge < -0.3 is 9.09 Å². The Morgan fingerprint density at radius 1 is 1.16 bits per heavy atom. The van der Waals surface area contributed by atoms with Crippen LogP contribution in [-0.2, 0) is 12.3 Å². The van der Waals surface area contributed by atoms with Crippen molar-refractivity contribution in [2.45, 2.75) is 51.1 Å². The molecular formula is C18H21ClN4OS. The Hall–Kier alpha value is -1.79. The van der Waals surface area contributed by atoms with E-state index in [0.29, 0.717) is 22.5 Å². The summed E-state index contributed by atoms with van der Waals surface area (Å²) in [5.74, 6) is 1.77. The monoisotopic (exact) mass is 376 g/mol. The van der Waals surface area contributed by atoms with Crippen LogP contribution in [-0.4, -0.2) is 19.7 Å². The lowest BCUT2D eigenvalue weighted by molar-refractivity contribution is 0.391. The van der Waals surface area contributed by atoms with Gasteiger partial charge in [0.25, 0.3) is 0 Å². The molecule has 0 atom stereocenters. The number of benzene rings is 1. The second-order valence-corrected chi connectivity index (χ2v) is 7.26. The van der Waals surface area contributed by atoms with Crippen LogP contribution in [0.15, 0.2) is 33.9 Å². The molecule has 0 bridgehead atoms. The van der Waals surface area contributed by atoms with Crippen molar-refractivity contribution in [1.29, 1.82) is 0 Å². The van der Waals surface area contributed by atoms with Crippen LogP contribution >= 0.6 is 23.4 Å². The second-order valence-electron chi connectivity index (χ2n) is 5.88. The highest BCUT2D eigenvalue weighted by Crippen LogP contribution is 2.26. The van der Waals surface area contributed by atoms with Gasteiger partial charge in [-0.15, -0.1) is 0 Å². The minimum atomic E-state index is 0.578. The Labute approximate surface area is 156 Å². The Morgan fingerprint density at radius 3 is 2.64 bits per heavy atom. The predicted molar refractivity (Wildman–Crippen MR) is 101 cm³/mol. The van der Waals surface area contributed by atoms with Gasteiger partial charge in [-0.05, 0) is 44.5 Å². The van der Waals surface area contributed by atoms with Crippen molar-refractivity contribution >= 4 is 23.4 Å². The summed E-state index contributed by atoms with van der Waals surface area (Å²) in [6.07, 6.45) is 2.31. The summed E-state index contributed by atoms with van der Waals surface area (Å²) in [5, 5.41) is 5.75. The van der Waals surface area contributed by atoms with Crippen LogP contribution in [0.1, 0.15) is 37.0 Å². The minimum absolute atomic E-state index is 0.578. The van der Waals surface area contributed by atoms with Crippen LogP contribution in [0.5, 0.6) is 0 Å². The van der Waals surface area contributed by atoms with E-state index in [-0.39, 0.29) is 0 Å². The molecule has 25 heavy (non-hydrogen) atoms. The number of thioether (sulfide) groups is 1. The second kappa shape index (κ2) is 8.06. The van der Waals surface area contributed by atoms with Gasteiger partial charge in [0.2, 0.25) is 11.7 Å². The first-order valence-corrected chi connectivity index (χ1v) is 9.70. The van der Waals surface area contributed by atoms with E-state index in [9.17, 15) is 0 Å². The molecule has 0 saturated carbocycles. The summed E-state index contributed by atoms with van der Waals surface area (Å²) in [4.78, 5) is 9.14. The lowest BCUT2D eigenvalue weighted by atomic mass is 10.2. The Balaban J connectivity index is 1.70. The third-order valence-electron chi connectivity index (χ3n) is 4.05. The Morgan fingerprint density at radius 2 is 1.92 bits per heavy atom. The molecule has 0 spiro atoms. The smallest absolute Gasteiger partial charge is 0.237 e. The molecule has 0 aliphatic rings. The Bertz CT molecular complexity index is 841. The van der Waals surface area contributed by atoms with Crippen LogP contribution in [0.2, 0.25) is 5.02 Å². The maximum Gasteiger partial charge on any atom is 0.237 e.